The number of rotatable bonds is 42. The number of nitriles is 1. The number of ketones is 1. The molecule has 494 valence electrons. The van der Waals surface area contributed by atoms with Crippen molar-refractivity contribution < 1.29 is 81.9 Å². The summed E-state index contributed by atoms with van der Waals surface area (Å²) in [7, 11) is 1.27. The number of carbonyl (C=O) groups excluding carboxylic acids is 6. The summed E-state index contributed by atoms with van der Waals surface area (Å²) in [5, 5.41) is 53.1. The molecule has 2 N–H and O–H groups in total. The van der Waals surface area contributed by atoms with Crippen molar-refractivity contribution in [2.75, 3.05) is 46.6 Å². The Labute approximate surface area is 522 Å². The maximum atomic E-state index is 13.5. The molecular weight excluding hydrogens is 1160 g/mol. The van der Waals surface area contributed by atoms with E-state index < -0.39 is 50.5 Å². The summed E-state index contributed by atoms with van der Waals surface area (Å²) in [6.07, 6.45) is 11.3. The molecule has 26 heteroatoms. The highest BCUT2D eigenvalue weighted by atomic mass is 16.6. The quantitative estimate of drug-likeness (QED) is 0.0101. The molecule has 0 aromatic heterocycles. The number of hydrogen-bond donors (Lipinski definition) is 2. The number of Topliss-reactive ketones (excluding diaryl/α,β-unsaturated/α-hetero) is 1. The van der Waals surface area contributed by atoms with E-state index in [2.05, 4.69) is 25.7 Å². The SMILES string of the molecule is C.C.CCCOc1ccc([N+](=O)[O-])c(C(C)C(=O)NCCCCCCCC(=O)C(OC(=O)CCCCC(=O)OC)c2cc(OCCC)ccc2[N+](=O)[O-])c1.CCCOc1ccc([N+](=O)[O-])c(C=O)c1.O=COCCCCC(=O)O.[C-]#[N+]CCCCCCC#N. The van der Waals surface area contributed by atoms with Crippen molar-refractivity contribution in [1.29, 1.82) is 5.26 Å². The lowest BCUT2D eigenvalue weighted by Crippen LogP contribution is -2.29. The first-order valence-corrected chi connectivity index (χ1v) is 29.0. The van der Waals surface area contributed by atoms with Crippen molar-refractivity contribution in [1.82, 2.24) is 5.32 Å². The molecule has 0 spiro atoms. The van der Waals surface area contributed by atoms with E-state index in [1.807, 2.05) is 20.8 Å². The Hall–Kier alpha value is -9.07. The number of esters is 2. The maximum Gasteiger partial charge on any atom is 0.306 e. The summed E-state index contributed by atoms with van der Waals surface area (Å²) in [5.41, 5.74) is -0.483. The molecule has 0 aliphatic rings. The van der Waals surface area contributed by atoms with Gasteiger partial charge in [0.05, 0.1) is 71.4 Å². The van der Waals surface area contributed by atoms with E-state index in [0.717, 1.165) is 51.4 Å². The van der Waals surface area contributed by atoms with Gasteiger partial charge in [-0.3, -0.25) is 63.9 Å². The van der Waals surface area contributed by atoms with Gasteiger partial charge in [-0.2, -0.15) is 5.26 Å². The molecule has 89 heavy (non-hydrogen) atoms. The zero-order valence-electron chi connectivity index (χ0n) is 50.5. The lowest BCUT2D eigenvalue weighted by molar-refractivity contribution is -0.386. The van der Waals surface area contributed by atoms with Gasteiger partial charge in [0.1, 0.15) is 17.2 Å². The Morgan fingerprint density at radius 2 is 1.11 bits per heavy atom. The van der Waals surface area contributed by atoms with Gasteiger partial charge in [0, 0.05) is 68.8 Å². The summed E-state index contributed by atoms with van der Waals surface area (Å²) < 4.78 is 31.0. The van der Waals surface area contributed by atoms with Crippen molar-refractivity contribution in [2.24, 2.45) is 0 Å². The van der Waals surface area contributed by atoms with Gasteiger partial charge >= 0.3 is 17.9 Å². The summed E-state index contributed by atoms with van der Waals surface area (Å²) in [6, 6.07) is 14.7. The molecule has 3 aromatic carbocycles. The number of ether oxygens (including phenoxy) is 6. The van der Waals surface area contributed by atoms with E-state index in [0.29, 0.717) is 127 Å². The predicted molar refractivity (Wildman–Crippen MR) is 333 cm³/mol. The fourth-order valence-corrected chi connectivity index (χ4v) is 7.66. The molecule has 2 unspecified atom stereocenters. The number of carbonyl (C=O) groups is 7. The molecule has 2 atom stereocenters. The van der Waals surface area contributed by atoms with E-state index in [-0.39, 0.29) is 80.2 Å². The first-order valence-electron chi connectivity index (χ1n) is 29.0. The fraction of sp³-hybridized carbons (Fsp3) is 0.571. The second-order valence-electron chi connectivity index (χ2n) is 19.3. The molecule has 26 nitrogen and oxygen atoms in total. The summed E-state index contributed by atoms with van der Waals surface area (Å²) in [5.74, 6) is -2.30. The van der Waals surface area contributed by atoms with E-state index in [1.165, 1.54) is 61.7 Å². The number of nitrogens with one attached hydrogen (secondary N) is 1. The fourth-order valence-electron chi connectivity index (χ4n) is 7.66. The molecule has 0 aliphatic carbocycles. The van der Waals surface area contributed by atoms with Crippen LogP contribution in [0.2, 0.25) is 0 Å². The zero-order chi connectivity index (χ0) is 65.2. The molecule has 0 saturated heterocycles. The Kier molecular flexibility index (Phi) is 50.3. The molecule has 3 rings (SSSR count). The third kappa shape index (κ3) is 38.7. The van der Waals surface area contributed by atoms with E-state index >= 15 is 0 Å². The first-order chi connectivity index (χ1) is 41.8. The molecular formula is C63H92N6O20. The van der Waals surface area contributed by atoms with E-state index in [1.54, 1.807) is 6.92 Å². The van der Waals surface area contributed by atoms with Crippen LogP contribution in [0.15, 0.2) is 54.6 Å². The van der Waals surface area contributed by atoms with Crippen LogP contribution in [0.4, 0.5) is 17.1 Å². The van der Waals surface area contributed by atoms with Crippen molar-refractivity contribution >= 4 is 59.4 Å². The largest absolute Gasteiger partial charge is 0.494 e. The number of benzene rings is 3. The van der Waals surface area contributed by atoms with Gasteiger partial charge in [0.2, 0.25) is 12.5 Å². The van der Waals surface area contributed by atoms with Crippen molar-refractivity contribution in [3.05, 3.63) is 113 Å². The van der Waals surface area contributed by atoms with Crippen LogP contribution < -0.4 is 19.5 Å². The topological polar surface area (TPSA) is 365 Å². The molecule has 3 aromatic rings. The second kappa shape index (κ2) is 53.2. The number of methoxy groups -OCH3 is 1. The highest BCUT2D eigenvalue weighted by Gasteiger charge is 2.32. The summed E-state index contributed by atoms with van der Waals surface area (Å²) >= 11 is 0. The standard InChI is InChI=1S/C37H51N3O12.C10H11NO4.C8H12N2.C6H10O4.2CH4/c1-5-22-50-27-17-19-31(39(45)46)29(24-27)26(3)37(44)38-21-13-9-7-8-10-14-33(41)36(52-35(43)16-12-11-15-34(42)49-4)30-25-28(51-23-6-2)18-20-32(30)40(47)48;1-2-5-15-9-3-4-10(11(13)14)8(6-9)7-12;1-10-8-6-4-2-3-5-7-9;7-5-10-4-2-1-3-6(8)9;;/h17-20,24-26,36H,5-16,21-23H2,1-4H3,(H,38,44);3-4,6-7H,2,5H2,1H3;2-6,8H2;5H,1-4H2,(H,8,9);2*1H4. The molecule has 0 radical (unpaired) electrons. The van der Waals surface area contributed by atoms with E-state index in [4.69, 9.17) is 35.9 Å². The maximum absolute atomic E-state index is 13.5. The van der Waals surface area contributed by atoms with Gasteiger partial charge < -0.3 is 43.7 Å². The van der Waals surface area contributed by atoms with Gasteiger partial charge in [-0.05, 0) is 114 Å². The Morgan fingerprint density at radius 3 is 1.62 bits per heavy atom. The molecule has 0 aliphatic heterocycles. The van der Waals surface area contributed by atoms with Crippen LogP contribution in [0.3, 0.4) is 0 Å². The minimum absolute atomic E-state index is 0. The van der Waals surface area contributed by atoms with Crippen LogP contribution in [-0.4, -0.2) is 109 Å². The zero-order valence-corrected chi connectivity index (χ0v) is 50.5. The van der Waals surface area contributed by atoms with Gasteiger partial charge in [-0.1, -0.05) is 61.3 Å². The lowest BCUT2D eigenvalue weighted by Gasteiger charge is -2.18. The van der Waals surface area contributed by atoms with Crippen LogP contribution >= 0.6 is 0 Å². The van der Waals surface area contributed by atoms with Crippen LogP contribution in [0.5, 0.6) is 17.2 Å². The van der Waals surface area contributed by atoms with Gasteiger partial charge in [-0.25, -0.2) is 6.57 Å². The number of unbranched alkanes of at least 4 members (excludes halogenated alkanes) is 10. The third-order valence-electron chi connectivity index (χ3n) is 12.2. The number of nitro benzene ring substituents is 3. The third-order valence-corrected chi connectivity index (χ3v) is 12.2. The Morgan fingerprint density at radius 1 is 0.640 bits per heavy atom. The molecule has 0 heterocycles. The van der Waals surface area contributed by atoms with Crippen molar-refractivity contribution in [2.45, 2.75) is 189 Å². The van der Waals surface area contributed by atoms with Crippen LogP contribution in [-0.2, 0) is 43.0 Å². The molecule has 0 bridgehead atoms. The molecule has 1 amide bonds. The monoisotopic (exact) mass is 1250 g/mol. The van der Waals surface area contributed by atoms with Gasteiger partial charge in [0.15, 0.2) is 18.2 Å². The van der Waals surface area contributed by atoms with Gasteiger partial charge in [-0.15, -0.1) is 0 Å². The van der Waals surface area contributed by atoms with E-state index in [9.17, 15) is 63.9 Å². The number of nitrogens with zero attached hydrogens (tertiary/aromatic N) is 5. The minimum Gasteiger partial charge on any atom is -0.494 e. The normalized spacial score (nSPS) is 10.5. The van der Waals surface area contributed by atoms with Crippen LogP contribution in [0, 0.1) is 48.2 Å². The molecule has 0 fully saturated rings. The highest BCUT2D eigenvalue weighted by Crippen LogP contribution is 2.34. The predicted octanol–water partition coefficient (Wildman–Crippen LogP) is 13.5. The number of amides is 1. The Bertz CT molecular complexity index is 2670. The smallest absolute Gasteiger partial charge is 0.306 e. The van der Waals surface area contributed by atoms with Gasteiger partial charge in [0.25, 0.3) is 23.5 Å². The average molecular weight is 1250 g/mol. The minimum atomic E-state index is -1.51. The first kappa shape index (κ1) is 84.1. The molecule has 0 saturated carbocycles. The second-order valence-corrected chi connectivity index (χ2v) is 19.3. The Balaban J connectivity index is -0.00000160. The number of aliphatic carboxylic acids is 1. The van der Waals surface area contributed by atoms with Crippen molar-refractivity contribution in [3.63, 3.8) is 0 Å². The van der Waals surface area contributed by atoms with Crippen molar-refractivity contribution in [3.8, 4) is 23.3 Å². The van der Waals surface area contributed by atoms with Crippen LogP contribution in [0.1, 0.15) is 211 Å². The highest BCUT2D eigenvalue weighted by molar-refractivity contribution is 5.88. The summed E-state index contributed by atoms with van der Waals surface area (Å²) in [4.78, 5) is 116. The average Bonchev–Trinajstić information content (AvgIpc) is 1.11. The number of carboxylic acid groups (broad SMARTS) is 1. The number of carboxylic acids is 1. The number of nitro groups is 3. The number of aldehydes is 1. The van der Waals surface area contributed by atoms with Crippen LogP contribution in [0.25, 0.3) is 4.85 Å². The number of hydrogen-bond acceptors (Lipinski definition) is 20. The summed E-state index contributed by atoms with van der Waals surface area (Å²) in [6.45, 7) is 16.9. The lowest BCUT2D eigenvalue weighted by atomic mass is 9.97.